The fourth-order valence-corrected chi connectivity index (χ4v) is 2.32. The van der Waals surface area contributed by atoms with Crippen LogP contribution in [0.1, 0.15) is 30.9 Å². The van der Waals surface area contributed by atoms with E-state index in [9.17, 15) is 0 Å². The van der Waals surface area contributed by atoms with E-state index in [1.165, 1.54) is 5.56 Å². The second kappa shape index (κ2) is 6.79. The van der Waals surface area contributed by atoms with Crippen molar-refractivity contribution in [2.45, 2.75) is 39.5 Å². The number of hydrogen-bond acceptors (Lipinski definition) is 5. The van der Waals surface area contributed by atoms with Crippen LogP contribution in [0.5, 0.6) is 5.75 Å². The summed E-state index contributed by atoms with van der Waals surface area (Å²) in [5.74, 6) is 2.94. The first-order valence-electron chi connectivity index (χ1n) is 6.70. The van der Waals surface area contributed by atoms with Crippen LogP contribution in [-0.2, 0) is 6.61 Å². The van der Waals surface area contributed by atoms with Gasteiger partial charge in [-0.15, -0.1) is 10.2 Å². The smallest absolute Gasteiger partial charge is 0.276 e. The largest absolute Gasteiger partial charge is 0.484 e. The Hall–Kier alpha value is -1.49. The van der Waals surface area contributed by atoms with E-state index in [-0.39, 0.29) is 0 Å². The van der Waals surface area contributed by atoms with Crippen molar-refractivity contribution in [3.8, 4) is 5.75 Å². The fourth-order valence-electron chi connectivity index (χ4n) is 1.60. The third-order valence-electron chi connectivity index (χ3n) is 2.68. The maximum absolute atomic E-state index is 5.74. The molecule has 1 aromatic carbocycles. The highest BCUT2D eigenvalue weighted by atomic mass is 32.2. The first-order chi connectivity index (χ1) is 9.54. The molecule has 1 heterocycles. The summed E-state index contributed by atoms with van der Waals surface area (Å²) in [6.45, 7) is 8.69. The molecular formula is C15H20N2O2S. The van der Waals surface area contributed by atoms with E-state index in [1.54, 1.807) is 11.8 Å². The zero-order valence-electron chi connectivity index (χ0n) is 12.3. The SMILES string of the molecule is Cc1ccc(C)c(OCc2nnc(SCC(C)C)o2)c1. The van der Waals surface area contributed by atoms with Crippen LogP contribution >= 0.6 is 11.8 Å². The van der Waals surface area contributed by atoms with E-state index in [0.717, 1.165) is 17.1 Å². The molecule has 4 nitrogen and oxygen atoms in total. The molecule has 2 rings (SSSR count). The average Bonchev–Trinajstić information content (AvgIpc) is 2.85. The van der Waals surface area contributed by atoms with E-state index in [0.29, 0.717) is 23.6 Å². The summed E-state index contributed by atoms with van der Waals surface area (Å²) in [7, 11) is 0. The Labute approximate surface area is 123 Å². The summed E-state index contributed by atoms with van der Waals surface area (Å²) >= 11 is 1.58. The second-order valence-corrected chi connectivity index (χ2v) is 6.20. The molecule has 0 N–H and O–H groups in total. The van der Waals surface area contributed by atoms with Gasteiger partial charge < -0.3 is 9.15 Å². The van der Waals surface area contributed by atoms with Crippen LogP contribution in [0.4, 0.5) is 0 Å². The molecule has 0 saturated heterocycles. The predicted octanol–water partition coefficient (Wildman–Crippen LogP) is 4.01. The van der Waals surface area contributed by atoms with Gasteiger partial charge in [-0.05, 0) is 37.0 Å². The molecular weight excluding hydrogens is 272 g/mol. The van der Waals surface area contributed by atoms with Crippen LogP contribution in [0.2, 0.25) is 0 Å². The molecule has 0 radical (unpaired) electrons. The Bertz CT molecular complexity index is 567. The molecule has 0 saturated carbocycles. The maximum atomic E-state index is 5.74. The highest BCUT2D eigenvalue weighted by molar-refractivity contribution is 7.99. The summed E-state index contributed by atoms with van der Waals surface area (Å²) in [4.78, 5) is 0. The van der Waals surface area contributed by atoms with Gasteiger partial charge in [-0.3, -0.25) is 0 Å². The van der Waals surface area contributed by atoms with Crippen molar-refractivity contribution in [1.29, 1.82) is 0 Å². The molecule has 0 fully saturated rings. The van der Waals surface area contributed by atoms with Gasteiger partial charge in [0.15, 0.2) is 6.61 Å². The quantitative estimate of drug-likeness (QED) is 0.753. The molecule has 20 heavy (non-hydrogen) atoms. The van der Waals surface area contributed by atoms with Crippen molar-refractivity contribution in [3.05, 3.63) is 35.2 Å². The molecule has 0 aliphatic rings. The number of benzene rings is 1. The lowest BCUT2D eigenvalue weighted by molar-refractivity contribution is 0.250. The second-order valence-electron chi connectivity index (χ2n) is 5.22. The standard InChI is InChI=1S/C15H20N2O2S/c1-10(2)9-20-15-17-16-14(19-15)8-18-13-7-11(3)5-6-12(13)4/h5-7,10H,8-9H2,1-4H3. The van der Waals surface area contributed by atoms with Gasteiger partial charge in [0.05, 0.1) is 0 Å². The van der Waals surface area contributed by atoms with Gasteiger partial charge in [-0.2, -0.15) is 0 Å². The number of thioether (sulfide) groups is 1. The van der Waals surface area contributed by atoms with Gasteiger partial charge in [-0.25, -0.2) is 0 Å². The lowest BCUT2D eigenvalue weighted by Gasteiger charge is -2.07. The monoisotopic (exact) mass is 292 g/mol. The zero-order valence-corrected chi connectivity index (χ0v) is 13.2. The van der Waals surface area contributed by atoms with Gasteiger partial charge in [0.1, 0.15) is 5.75 Å². The van der Waals surface area contributed by atoms with E-state index in [1.807, 2.05) is 26.0 Å². The van der Waals surface area contributed by atoms with Crippen molar-refractivity contribution >= 4 is 11.8 Å². The van der Waals surface area contributed by atoms with Crippen molar-refractivity contribution in [3.63, 3.8) is 0 Å². The first kappa shape index (κ1) is 14.9. The fraction of sp³-hybridized carbons (Fsp3) is 0.467. The number of rotatable bonds is 6. The summed E-state index contributed by atoms with van der Waals surface area (Å²) in [6.07, 6.45) is 0. The van der Waals surface area contributed by atoms with E-state index >= 15 is 0 Å². The summed E-state index contributed by atoms with van der Waals surface area (Å²) in [5.41, 5.74) is 2.27. The highest BCUT2D eigenvalue weighted by Gasteiger charge is 2.09. The van der Waals surface area contributed by atoms with Crippen LogP contribution in [0, 0.1) is 19.8 Å². The Morgan fingerprint density at radius 1 is 1.25 bits per heavy atom. The van der Waals surface area contributed by atoms with Crippen LogP contribution in [0.3, 0.4) is 0 Å². The van der Waals surface area contributed by atoms with Crippen LogP contribution < -0.4 is 4.74 Å². The van der Waals surface area contributed by atoms with E-state index in [2.05, 4.69) is 30.1 Å². The lowest BCUT2D eigenvalue weighted by Crippen LogP contribution is -1.97. The highest BCUT2D eigenvalue weighted by Crippen LogP contribution is 2.22. The van der Waals surface area contributed by atoms with E-state index < -0.39 is 0 Å². The van der Waals surface area contributed by atoms with Crippen molar-refractivity contribution in [2.24, 2.45) is 5.92 Å². The average molecular weight is 292 g/mol. The molecule has 0 spiro atoms. The van der Waals surface area contributed by atoms with Crippen LogP contribution in [0.25, 0.3) is 0 Å². The Morgan fingerprint density at radius 2 is 2.05 bits per heavy atom. The molecule has 0 bridgehead atoms. The molecule has 5 heteroatoms. The molecule has 108 valence electrons. The summed E-state index contributed by atoms with van der Waals surface area (Å²) in [6, 6.07) is 6.12. The minimum Gasteiger partial charge on any atom is -0.484 e. The minimum absolute atomic E-state index is 0.305. The molecule has 0 atom stereocenters. The first-order valence-corrected chi connectivity index (χ1v) is 7.68. The topological polar surface area (TPSA) is 48.2 Å². The number of hydrogen-bond donors (Lipinski definition) is 0. The molecule has 0 unspecified atom stereocenters. The molecule has 0 aliphatic heterocycles. The van der Waals surface area contributed by atoms with Gasteiger partial charge in [0.2, 0.25) is 0 Å². The van der Waals surface area contributed by atoms with Crippen LogP contribution in [-0.4, -0.2) is 16.0 Å². The number of nitrogens with zero attached hydrogens (tertiary/aromatic N) is 2. The third kappa shape index (κ3) is 4.27. The molecule has 2 aromatic rings. The number of ether oxygens (including phenoxy) is 1. The molecule has 0 aliphatic carbocycles. The van der Waals surface area contributed by atoms with Crippen LogP contribution in [0.15, 0.2) is 27.8 Å². The zero-order chi connectivity index (χ0) is 14.5. The molecule has 1 aromatic heterocycles. The normalized spacial score (nSPS) is 11.1. The Morgan fingerprint density at radius 3 is 2.80 bits per heavy atom. The van der Waals surface area contributed by atoms with Gasteiger partial charge in [-0.1, -0.05) is 37.7 Å². The van der Waals surface area contributed by atoms with E-state index in [4.69, 9.17) is 9.15 Å². The Kier molecular flexibility index (Phi) is 5.06. The van der Waals surface area contributed by atoms with Gasteiger partial charge in [0, 0.05) is 5.75 Å². The maximum Gasteiger partial charge on any atom is 0.276 e. The summed E-state index contributed by atoms with van der Waals surface area (Å²) < 4.78 is 11.3. The number of aryl methyl sites for hydroxylation is 2. The minimum atomic E-state index is 0.305. The van der Waals surface area contributed by atoms with Gasteiger partial charge >= 0.3 is 0 Å². The van der Waals surface area contributed by atoms with Gasteiger partial charge in [0.25, 0.3) is 11.1 Å². The Balaban J connectivity index is 1.92. The molecule has 0 amide bonds. The van der Waals surface area contributed by atoms with Crippen molar-refractivity contribution in [2.75, 3.05) is 5.75 Å². The lowest BCUT2D eigenvalue weighted by atomic mass is 10.1. The van der Waals surface area contributed by atoms with Crippen molar-refractivity contribution in [1.82, 2.24) is 10.2 Å². The summed E-state index contributed by atoms with van der Waals surface area (Å²) in [5, 5.41) is 8.62. The predicted molar refractivity (Wildman–Crippen MR) is 80.1 cm³/mol. The number of aromatic nitrogens is 2. The van der Waals surface area contributed by atoms with Crippen molar-refractivity contribution < 1.29 is 9.15 Å². The third-order valence-corrected chi connectivity index (χ3v) is 3.93.